The minimum atomic E-state index is -1.11. The molecule has 1 aromatic heterocycles. The normalized spacial score (nSPS) is 10.8. The van der Waals surface area contributed by atoms with Crippen molar-refractivity contribution in [3.63, 3.8) is 0 Å². The van der Waals surface area contributed by atoms with Crippen LogP contribution in [-0.2, 0) is 9.53 Å². The Labute approximate surface area is 163 Å². The minimum absolute atomic E-state index is 0.0294. The van der Waals surface area contributed by atoms with Crippen LogP contribution in [0.5, 0.6) is 0 Å². The van der Waals surface area contributed by atoms with Gasteiger partial charge < -0.3 is 4.74 Å². The Kier molecular flexibility index (Phi) is 6.18. The van der Waals surface area contributed by atoms with Crippen LogP contribution in [-0.4, -0.2) is 27.9 Å². The number of nitrogens with zero attached hydrogens (tertiary/aromatic N) is 3. The molecular formula is C15H8BrClFN3O6. The van der Waals surface area contributed by atoms with Crippen LogP contribution in [0.1, 0.15) is 5.56 Å². The average Bonchev–Trinajstić information content (AvgIpc) is 2.59. The van der Waals surface area contributed by atoms with Crippen LogP contribution in [0.15, 0.2) is 28.7 Å². The summed E-state index contributed by atoms with van der Waals surface area (Å²) < 4.78 is 18.3. The van der Waals surface area contributed by atoms with E-state index in [0.717, 1.165) is 37.5 Å². The van der Waals surface area contributed by atoms with Gasteiger partial charge in [0.05, 0.1) is 34.3 Å². The topological polar surface area (TPSA) is 125 Å². The van der Waals surface area contributed by atoms with Gasteiger partial charge in [0.2, 0.25) is 5.82 Å². The zero-order chi connectivity index (χ0) is 20.3. The lowest BCUT2D eigenvalue weighted by atomic mass is 10.0. The fraction of sp³-hybridized carbons (Fsp3) is 0.0667. The second kappa shape index (κ2) is 8.18. The Balaban J connectivity index is 2.85. The molecule has 0 amide bonds. The third kappa shape index (κ3) is 4.44. The number of esters is 1. The van der Waals surface area contributed by atoms with E-state index in [-0.39, 0.29) is 26.4 Å². The van der Waals surface area contributed by atoms with E-state index in [1.54, 1.807) is 0 Å². The zero-order valence-electron chi connectivity index (χ0n) is 13.3. The lowest BCUT2D eigenvalue weighted by Crippen LogP contribution is -2.01. The molecule has 9 nitrogen and oxygen atoms in total. The lowest BCUT2D eigenvalue weighted by molar-refractivity contribution is -0.387. The Hall–Kier alpha value is -2.92. The Morgan fingerprint density at radius 3 is 2.44 bits per heavy atom. The summed E-state index contributed by atoms with van der Waals surface area (Å²) in [5.41, 5.74) is -1.73. The number of nitro groups is 2. The van der Waals surface area contributed by atoms with Gasteiger partial charge in [-0.3, -0.25) is 20.2 Å². The molecule has 0 unspecified atom stereocenters. The van der Waals surface area contributed by atoms with Crippen LogP contribution < -0.4 is 0 Å². The van der Waals surface area contributed by atoms with Gasteiger partial charge in [0.15, 0.2) is 0 Å². The van der Waals surface area contributed by atoms with Gasteiger partial charge in [0.1, 0.15) is 5.15 Å². The van der Waals surface area contributed by atoms with Gasteiger partial charge in [0, 0.05) is 22.2 Å². The van der Waals surface area contributed by atoms with E-state index in [0.29, 0.717) is 0 Å². The number of nitro benzene ring substituents is 1. The first-order valence-electron chi connectivity index (χ1n) is 6.90. The van der Waals surface area contributed by atoms with Crippen LogP contribution in [0.2, 0.25) is 5.15 Å². The number of carbonyl (C=O) groups is 1. The molecule has 0 fully saturated rings. The van der Waals surface area contributed by atoms with Gasteiger partial charge in [-0.05, 0) is 28.1 Å². The van der Waals surface area contributed by atoms with Crippen LogP contribution in [0.25, 0.3) is 17.3 Å². The van der Waals surface area contributed by atoms with E-state index in [2.05, 4.69) is 25.7 Å². The number of rotatable bonds is 5. The number of benzene rings is 1. The second-order valence-corrected chi connectivity index (χ2v) is 6.12. The number of halogens is 3. The molecular weight excluding hydrogens is 453 g/mol. The summed E-state index contributed by atoms with van der Waals surface area (Å²) >= 11 is 8.89. The summed E-state index contributed by atoms with van der Waals surface area (Å²) in [5.74, 6) is -1.91. The molecule has 0 aliphatic heterocycles. The summed E-state index contributed by atoms with van der Waals surface area (Å²) in [7, 11) is 1.11. The summed E-state index contributed by atoms with van der Waals surface area (Å²) in [6.45, 7) is 0. The van der Waals surface area contributed by atoms with Crippen LogP contribution >= 0.6 is 27.5 Å². The van der Waals surface area contributed by atoms with E-state index in [4.69, 9.17) is 11.6 Å². The zero-order valence-corrected chi connectivity index (χ0v) is 15.7. The SMILES string of the molecule is COC(=O)C=Cc1c([N+](=O)[O-])cc(Cl)nc1-c1cc([N+](=O)[O-])c(F)cc1Br. The molecule has 0 N–H and O–H groups in total. The van der Waals surface area contributed by atoms with E-state index in [9.17, 15) is 29.4 Å². The van der Waals surface area contributed by atoms with Gasteiger partial charge in [-0.2, -0.15) is 4.39 Å². The molecule has 0 saturated carbocycles. The van der Waals surface area contributed by atoms with Crippen molar-refractivity contribution in [2.24, 2.45) is 0 Å². The Morgan fingerprint density at radius 1 is 1.26 bits per heavy atom. The molecule has 2 aromatic rings. The maximum atomic E-state index is 13.8. The highest BCUT2D eigenvalue weighted by atomic mass is 79.9. The van der Waals surface area contributed by atoms with Crippen LogP contribution in [0, 0.1) is 26.0 Å². The van der Waals surface area contributed by atoms with Crippen LogP contribution in [0.3, 0.4) is 0 Å². The Morgan fingerprint density at radius 2 is 1.89 bits per heavy atom. The molecule has 0 atom stereocenters. The van der Waals surface area contributed by atoms with E-state index < -0.39 is 33.0 Å². The first kappa shape index (κ1) is 20.4. The number of carbonyl (C=O) groups excluding carboxylic acids is 1. The third-order valence-electron chi connectivity index (χ3n) is 3.28. The first-order chi connectivity index (χ1) is 12.6. The first-order valence-corrected chi connectivity index (χ1v) is 8.07. The summed E-state index contributed by atoms with van der Waals surface area (Å²) in [6.07, 6.45) is 1.97. The maximum Gasteiger partial charge on any atom is 0.330 e. The summed E-state index contributed by atoms with van der Waals surface area (Å²) in [6, 6.07) is 2.64. The number of methoxy groups -OCH3 is 1. The minimum Gasteiger partial charge on any atom is -0.466 e. The molecule has 0 saturated heterocycles. The van der Waals surface area contributed by atoms with Crippen molar-refractivity contribution >= 4 is 51.0 Å². The summed E-state index contributed by atoms with van der Waals surface area (Å²) in [5, 5.41) is 22.1. The highest BCUT2D eigenvalue weighted by molar-refractivity contribution is 9.10. The van der Waals surface area contributed by atoms with Crippen molar-refractivity contribution in [3.8, 4) is 11.3 Å². The maximum absolute atomic E-state index is 13.8. The quantitative estimate of drug-likeness (QED) is 0.214. The molecule has 140 valence electrons. The van der Waals surface area contributed by atoms with Gasteiger partial charge in [-0.1, -0.05) is 11.6 Å². The molecule has 0 aliphatic carbocycles. The van der Waals surface area contributed by atoms with Gasteiger partial charge in [0.25, 0.3) is 5.69 Å². The highest BCUT2D eigenvalue weighted by Crippen LogP contribution is 2.38. The number of hydrogen-bond donors (Lipinski definition) is 0. The van der Waals surface area contributed by atoms with Crippen LogP contribution in [0.4, 0.5) is 15.8 Å². The fourth-order valence-corrected chi connectivity index (χ4v) is 2.80. The molecule has 27 heavy (non-hydrogen) atoms. The number of pyridine rings is 1. The largest absolute Gasteiger partial charge is 0.466 e. The van der Waals surface area contributed by atoms with Crippen molar-refractivity contribution < 1.29 is 23.8 Å². The van der Waals surface area contributed by atoms with Crippen molar-refractivity contribution in [2.45, 2.75) is 0 Å². The molecule has 0 radical (unpaired) electrons. The number of ether oxygens (including phenoxy) is 1. The predicted molar refractivity (Wildman–Crippen MR) is 96.7 cm³/mol. The molecule has 0 spiro atoms. The van der Waals surface area contributed by atoms with Crippen molar-refractivity contribution in [1.82, 2.24) is 4.98 Å². The third-order valence-corrected chi connectivity index (χ3v) is 4.13. The standard InChI is InChI=1S/C15H8BrClFN3O6/c1-27-14(22)3-2-7-11(20(23)24)6-13(17)19-15(7)8-4-12(21(25)26)10(18)5-9(8)16/h2-6H,1H3. The molecule has 12 heteroatoms. The molecule has 0 bridgehead atoms. The smallest absolute Gasteiger partial charge is 0.330 e. The van der Waals surface area contributed by atoms with Gasteiger partial charge in [-0.15, -0.1) is 0 Å². The Bertz CT molecular complexity index is 998. The van der Waals surface area contributed by atoms with E-state index >= 15 is 0 Å². The predicted octanol–water partition coefficient (Wildman–Crippen LogP) is 4.31. The monoisotopic (exact) mass is 459 g/mol. The van der Waals surface area contributed by atoms with Crippen molar-refractivity contribution in [2.75, 3.05) is 7.11 Å². The average molecular weight is 461 g/mol. The fourth-order valence-electron chi connectivity index (χ4n) is 2.11. The lowest BCUT2D eigenvalue weighted by Gasteiger charge is -2.09. The van der Waals surface area contributed by atoms with E-state index in [1.807, 2.05) is 0 Å². The summed E-state index contributed by atoms with van der Waals surface area (Å²) in [4.78, 5) is 36.0. The molecule has 2 rings (SSSR count). The number of hydrogen-bond acceptors (Lipinski definition) is 7. The van der Waals surface area contributed by atoms with E-state index in [1.165, 1.54) is 0 Å². The molecule has 1 aromatic carbocycles. The van der Waals surface area contributed by atoms with Crippen molar-refractivity contribution in [1.29, 1.82) is 0 Å². The van der Waals surface area contributed by atoms with Gasteiger partial charge in [-0.25, -0.2) is 9.78 Å². The van der Waals surface area contributed by atoms with Gasteiger partial charge >= 0.3 is 11.7 Å². The number of aromatic nitrogens is 1. The molecule has 1 heterocycles. The van der Waals surface area contributed by atoms with Crippen molar-refractivity contribution in [3.05, 3.63) is 65.5 Å². The highest BCUT2D eigenvalue weighted by Gasteiger charge is 2.25. The second-order valence-electron chi connectivity index (χ2n) is 4.88. The molecule has 0 aliphatic rings.